The highest BCUT2D eigenvalue weighted by molar-refractivity contribution is 7.12. The van der Waals surface area contributed by atoms with E-state index in [0.29, 0.717) is 30.8 Å². The number of likely N-dealkylation sites (tertiary alicyclic amines) is 1. The molecule has 1 fully saturated rings. The standard InChI is InChI=1S/C25H25N3O5S/c1-32-20-10-9-15(12-21(20)33-2)19-13-18(22-8-5-11-34-22)26-28(19)23(29)14-27-24(30)16-6-3-4-7-17(16)25(27)31/h3-5,8-12,16-17,19H,6-7,13-14H2,1-2H3. The van der Waals surface area contributed by atoms with Gasteiger partial charge < -0.3 is 9.47 Å². The van der Waals surface area contributed by atoms with E-state index in [1.165, 1.54) is 5.01 Å². The summed E-state index contributed by atoms with van der Waals surface area (Å²) in [5.41, 5.74) is 1.62. The van der Waals surface area contributed by atoms with Gasteiger partial charge in [-0.15, -0.1) is 11.3 Å². The Balaban J connectivity index is 1.43. The van der Waals surface area contributed by atoms with Crippen LogP contribution >= 0.6 is 11.3 Å². The van der Waals surface area contributed by atoms with E-state index >= 15 is 0 Å². The Kier molecular flexibility index (Phi) is 5.95. The largest absolute Gasteiger partial charge is 0.493 e. The molecule has 0 radical (unpaired) electrons. The number of benzene rings is 1. The zero-order chi connectivity index (χ0) is 23.8. The van der Waals surface area contributed by atoms with Crippen molar-refractivity contribution in [3.63, 3.8) is 0 Å². The molecule has 1 aromatic carbocycles. The number of nitrogens with zero attached hydrogens (tertiary/aromatic N) is 3. The Morgan fingerprint density at radius 1 is 1.06 bits per heavy atom. The molecular weight excluding hydrogens is 454 g/mol. The lowest BCUT2D eigenvalue weighted by Crippen LogP contribution is -2.41. The number of hydrogen-bond acceptors (Lipinski definition) is 7. The number of amides is 3. The molecule has 0 spiro atoms. The lowest BCUT2D eigenvalue weighted by molar-refractivity contribution is -0.147. The fraction of sp³-hybridized carbons (Fsp3) is 0.360. The second kappa shape index (κ2) is 9.06. The van der Waals surface area contributed by atoms with Crippen LogP contribution in [-0.4, -0.2) is 54.1 Å². The molecule has 3 aliphatic rings. The molecule has 176 valence electrons. The van der Waals surface area contributed by atoms with E-state index in [0.717, 1.165) is 21.1 Å². The summed E-state index contributed by atoms with van der Waals surface area (Å²) < 4.78 is 10.8. The van der Waals surface area contributed by atoms with Gasteiger partial charge >= 0.3 is 0 Å². The first-order valence-electron chi connectivity index (χ1n) is 11.2. The fourth-order valence-corrected chi connectivity index (χ4v) is 5.61. The van der Waals surface area contributed by atoms with Gasteiger partial charge in [0.1, 0.15) is 6.54 Å². The highest BCUT2D eigenvalue weighted by Crippen LogP contribution is 2.39. The average Bonchev–Trinajstić information content (AvgIpc) is 3.60. The van der Waals surface area contributed by atoms with Gasteiger partial charge in [0.15, 0.2) is 11.5 Å². The third-order valence-electron chi connectivity index (χ3n) is 6.66. The topological polar surface area (TPSA) is 88.5 Å². The summed E-state index contributed by atoms with van der Waals surface area (Å²) >= 11 is 1.55. The highest BCUT2D eigenvalue weighted by atomic mass is 32.1. The van der Waals surface area contributed by atoms with Crippen molar-refractivity contribution in [1.29, 1.82) is 0 Å². The lowest BCUT2D eigenvalue weighted by Gasteiger charge is -2.25. The van der Waals surface area contributed by atoms with Crippen LogP contribution in [0.1, 0.15) is 35.7 Å². The second-order valence-corrected chi connectivity index (χ2v) is 9.46. The summed E-state index contributed by atoms with van der Waals surface area (Å²) in [6, 6.07) is 9.03. The normalized spacial score (nSPS) is 23.8. The number of carbonyl (C=O) groups excluding carboxylic acids is 3. The minimum atomic E-state index is -0.389. The van der Waals surface area contributed by atoms with Crippen LogP contribution in [0.3, 0.4) is 0 Å². The van der Waals surface area contributed by atoms with Gasteiger partial charge in [-0.25, -0.2) is 5.01 Å². The van der Waals surface area contributed by atoms with Gasteiger partial charge in [0.25, 0.3) is 5.91 Å². The molecule has 34 heavy (non-hydrogen) atoms. The number of ether oxygens (including phenoxy) is 2. The first-order chi connectivity index (χ1) is 16.5. The maximum atomic E-state index is 13.5. The van der Waals surface area contributed by atoms with E-state index in [-0.39, 0.29) is 42.1 Å². The Morgan fingerprint density at radius 3 is 2.38 bits per heavy atom. The van der Waals surface area contributed by atoms with Crippen LogP contribution in [0.15, 0.2) is 53.0 Å². The molecule has 3 unspecified atom stereocenters. The average molecular weight is 480 g/mol. The van der Waals surface area contributed by atoms with Crippen LogP contribution < -0.4 is 9.47 Å². The van der Waals surface area contributed by atoms with E-state index in [9.17, 15) is 14.4 Å². The van der Waals surface area contributed by atoms with E-state index in [2.05, 4.69) is 5.10 Å². The second-order valence-electron chi connectivity index (χ2n) is 8.52. The van der Waals surface area contributed by atoms with Crippen LogP contribution in [0.25, 0.3) is 0 Å². The molecule has 9 heteroatoms. The maximum Gasteiger partial charge on any atom is 0.263 e. The van der Waals surface area contributed by atoms with Crippen molar-refractivity contribution in [2.75, 3.05) is 20.8 Å². The summed E-state index contributed by atoms with van der Waals surface area (Å²) in [4.78, 5) is 41.4. The SMILES string of the molecule is COc1ccc(C2CC(c3cccs3)=NN2C(=O)CN2C(=O)C3CC=CCC3C2=O)cc1OC. The van der Waals surface area contributed by atoms with Gasteiger partial charge in [-0.2, -0.15) is 5.10 Å². The zero-order valence-electron chi connectivity index (χ0n) is 19.0. The fourth-order valence-electron chi connectivity index (χ4n) is 4.88. The molecule has 1 aliphatic carbocycles. The predicted octanol–water partition coefficient (Wildman–Crippen LogP) is 3.39. The summed E-state index contributed by atoms with van der Waals surface area (Å²) in [5.74, 6) is -0.510. The van der Waals surface area contributed by atoms with Crippen molar-refractivity contribution in [2.45, 2.75) is 25.3 Å². The molecule has 3 heterocycles. The smallest absolute Gasteiger partial charge is 0.263 e. The van der Waals surface area contributed by atoms with Gasteiger partial charge in [0.05, 0.1) is 42.7 Å². The molecule has 1 aromatic heterocycles. The Labute approximate surface area is 201 Å². The number of thiophene rings is 1. The minimum absolute atomic E-state index is 0.267. The molecule has 8 nitrogen and oxygen atoms in total. The number of hydrazone groups is 1. The van der Waals surface area contributed by atoms with Crippen molar-refractivity contribution in [3.8, 4) is 11.5 Å². The van der Waals surface area contributed by atoms with Crippen LogP contribution in [0.4, 0.5) is 0 Å². The highest BCUT2D eigenvalue weighted by Gasteiger charge is 2.48. The number of imide groups is 1. The van der Waals surface area contributed by atoms with Gasteiger partial charge in [0.2, 0.25) is 11.8 Å². The molecule has 0 saturated carbocycles. The van der Waals surface area contributed by atoms with Gasteiger partial charge in [-0.05, 0) is 42.0 Å². The summed E-state index contributed by atoms with van der Waals surface area (Å²) in [6.07, 6.45) is 5.46. The Hall–Kier alpha value is -3.46. The minimum Gasteiger partial charge on any atom is -0.493 e. The van der Waals surface area contributed by atoms with Gasteiger partial charge in [-0.3, -0.25) is 19.3 Å². The first kappa shape index (κ1) is 22.3. The molecule has 3 atom stereocenters. The summed E-state index contributed by atoms with van der Waals surface area (Å²) in [5, 5.41) is 8.02. The van der Waals surface area contributed by atoms with Gasteiger partial charge in [0, 0.05) is 6.42 Å². The number of rotatable bonds is 6. The van der Waals surface area contributed by atoms with E-state index in [1.807, 2.05) is 41.8 Å². The van der Waals surface area contributed by atoms with Crippen molar-refractivity contribution in [3.05, 3.63) is 58.3 Å². The Bertz CT molecular complexity index is 1160. The third kappa shape index (κ3) is 3.79. The molecular formula is C25H25N3O5S. The predicted molar refractivity (Wildman–Crippen MR) is 127 cm³/mol. The van der Waals surface area contributed by atoms with Crippen molar-refractivity contribution in [1.82, 2.24) is 9.91 Å². The molecule has 0 bridgehead atoms. The van der Waals surface area contributed by atoms with E-state index in [4.69, 9.17) is 9.47 Å². The molecule has 2 aliphatic heterocycles. The van der Waals surface area contributed by atoms with Crippen LogP contribution in [-0.2, 0) is 14.4 Å². The number of allylic oxidation sites excluding steroid dienone is 2. The van der Waals surface area contributed by atoms with E-state index < -0.39 is 0 Å². The number of carbonyl (C=O) groups is 3. The monoisotopic (exact) mass is 479 g/mol. The van der Waals surface area contributed by atoms with Crippen molar-refractivity contribution >= 4 is 34.8 Å². The molecule has 5 rings (SSSR count). The first-order valence-corrected chi connectivity index (χ1v) is 12.0. The summed E-state index contributed by atoms with van der Waals surface area (Å²) in [7, 11) is 3.13. The lowest BCUT2D eigenvalue weighted by atomic mass is 9.85. The van der Waals surface area contributed by atoms with E-state index in [1.54, 1.807) is 31.6 Å². The van der Waals surface area contributed by atoms with Crippen molar-refractivity contribution < 1.29 is 23.9 Å². The van der Waals surface area contributed by atoms with Gasteiger partial charge in [-0.1, -0.05) is 24.3 Å². The molecule has 1 saturated heterocycles. The van der Waals surface area contributed by atoms with Crippen LogP contribution in [0.5, 0.6) is 11.5 Å². The van der Waals surface area contributed by atoms with Crippen LogP contribution in [0, 0.1) is 11.8 Å². The zero-order valence-corrected chi connectivity index (χ0v) is 19.8. The number of hydrogen-bond donors (Lipinski definition) is 0. The quantitative estimate of drug-likeness (QED) is 0.468. The Morgan fingerprint density at radius 2 is 1.76 bits per heavy atom. The molecule has 0 N–H and O–H groups in total. The van der Waals surface area contributed by atoms with Crippen LogP contribution in [0.2, 0.25) is 0 Å². The summed E-state index contributed by atoms with van der Waals surface area (Å²) in [6.45, 7) is -0.310. The third-order valence-corrected chi connectivity index (χ3v) is 7.57. The number of fused-ring (bicyclic) bond motifs is 1. The van der Waals surface area contributed by atoms with Crippen molar-refractivity contribution in [2.24, 2.45) is 16.9 Å². The molecule has 3 amide bonds. The molecule has 2 aromatic rings. The maximum absolute atomic E-state index is 13.5. The number of methoxy groups -OCH3 is 2.